The first kappa shape index (κ1) is 40.5. The molecule has 7 rings (SSSR count). The van der Waals surface area contributed by atoms with E-state index in [2.05, 4.69) is 48.1 Å². The number of rotatable bonds is 6. The molecule has 20 atom stereocenters. The molecule has 7 fully saturated rings. The first-order chi connectivity index (χ1) is 24.7. The first-order valence-electron chi connectivity index (χ1n) is 20.7. The fourth-order valence-corrected chi connectivity index (χ4v) is 15.3. The molecule has 304 valence electrons. The number of allylic oxidation sites excluding steroid dienone is 1. The standard InChI is InChI=1S/C42H70O11/c1-21(2)23-11-16-41(20-43)18-17-39(7)24(29(23)41)9-10-28-38(6)14-12-27(37(4,5)26(38)13-15-40(28,39)8)42(50)33(47)25(53-35(49)34(42)48)19-51-36-32(46)31(45)30(44)22(3)52-36/h22-36,43-50H,1,9-20H2,2-8H3/t22-,23-,24+,25+,26-,27?,28?,29+,30-,31+,32+,33+,34-,35+,36+,38-,39+,40+,41+,42-/m0/s1. The third-order valence-electron chi connectivity index (χ3n) is 18.3. The van der Waals surface area contributed by atoms with Gasteiger partial charge in [-0.25, -0.2) is 0 Å². The topological polar surface area (TPSA) is 190 Å². The number of hydrogen-bond donors (Lipinski definition) is 8. The second kappa shape index (κ2) is 13.4. The molecule has 0 aromatic carbocycles. The van der Waals surface area contributed by atoms with Crippen molar-refractivity contribution in [2.75, 3.05) is 13.2 Å². The maximum absolute atomic E-state index is 12.6. The van der Waals surface area contributed by atoms with Gasteiger partial charge in [-0.2, -0.15) is 0 Å². The minimum Gasteiger partial charge on any atom is -0.396 e. The van der Waals surface area contributed by atoms with Gasteiger partial charge in [0.2, 0.25) is 0 Å². The minimum absolute atomic E-state index is 0.00214. The van der Waals surface area contributed by atoms with Crippen LogP contribution in [0.2, 0.25) is 0 Å². The highest BCUT2D eigenvalue weighted by atomic mass is 16.7. The fourth-order valence-electron chi connectivity index (χ4n) is 15.3. The average molecular weight is 751 g/mol. The van der Waals surface area contributed by atoms with E-state index < -0.39 is 78.8 Å². The van der Waals surface area contributed by atoms with E-state index in [4.69, 9.17) is 14.2 Å². The lowest BCUT2D eigenvalue weighted by molar-refractivity contribution is -0.361. The highest BCUT2D eigenvalue weighted by Crippen LogP contribution is 2.78. The van der Waals surface area contributed by atoms with E-state index in [1.165, 1.54) is 12.5 Å². The summed E-state index contributed by atoms with van der Waals surface area (Å²) in [6, 6.07) is 0. The van der Waals surface area contributed by atoms with Gasteiger partial charge in [-0.15, -0.1) is 0 Å². The molecule has 5 aliphatic carbocycles. The van der Waals surface area contributed by atoms with Crippen LogP contribution in [0.25, 0.3) is 0 Å². The van der Waals surface area contributed by atoms with E-state index >= 15 is 0 Å². The van der Waals surface area contributed by atoms with Crippen LogP contribution in [0.1, 0.15) is 113 Å². The maximum atomic E-state index is 12.6. The van der Waals surface area contributed by atoms with E-state index in [1.807, 2.05) is 0 Å². The van der Waals surface area contributed by atoms with Crippen LogP contribution in [0.5, 0.6) is 0 Å². The Morgan fingerprint density at radius 1 is 0.736 bits per heavy atom. The molecule has 0 radical (unpaired) electrons. The molecular weight excluding hydrogens is 680 g/mol. The quantitative estimate of drug-likeness (QED) is 0.186. The molecular formula is C42H70O11. The zero-order valence-electron chi connectivity index (χ0n) is 33.2. The summed E-state index contributed by atoms with van der Waals surface area (Å²) in [5, 5.41) is 88.7. The summed E-state index contributed by atoms with van der Waals surface area (Å²) in [6.45, 7) is 19.9. The van der Waals surface area contributed by atoms with Gasteiger partial charge in [-0.3, -0.25) is 0 Å². The highest BCUT2D eigenvalue weighted by molar-refractivity contribution is 5.23. The highest BCUT2D eigenvalue weighted by Gasteiger charge is 2.73. The SMILES string of the molecule is C=C(C)[C@@H]1CC[C@]2(CO)CC[C@]3(C)[C@H](CCC4[C@@]5(C)CCC([C@]6(O)[C@H](O)[C@@H](CO[C@@H]7O[C@@H](C)[C@H](O)[C@@H](O)[C@H]7O)O[C@@H](O)[C@@H]6O)C(C)(C)[C@@H]5CC[C@]43C)[C@@H]12. The fraction of sp³-hybridized carbons (Fsp3) is 0.952. The molecule has 11 nitrogen and oxygen atoms in total. The predicted octanol–water partition coefficient (Wildman–Crippen LogP) is 3.27. The Balaban J connectivity index is 1.13. The predicted molar refractivity (Wildman–Crippen MR) is 196 cm³/mol. The summed E-state index contributed by atoms with van der Waals surface area (Å²) in [7, 11) is 0. The van der Waals surface area contributed by atoms with Crippen molar-refractivity contribution < 1.29 is 55.1 Å². The number of hydrogen-bond acceptors (Lipinski definition) is 11. The van der Waals surface area contributed by atoms with Crippen molar-refractivity contribution in [1.29, 1.82) is 0 Å². The van der Waals surface area contributed by atoms with Crippen LogP contribution in [0.3, 0.4) is 0 Å². The molecule has 0 amide bonds. The minimum atomic E-state index is -2.13. The van der Waals surface area contributed by atoms with Gasteiger partial charge in [-0.05, 0) is 141 Å². The van der Waals surface area contributed by atoms with Crippen molar-refractivity contribution >= 4 is 0 Å². The van der Waals surface area contributed by atoms with E-state index in [9.17, 15) is 40.9 Å². The molecule has 0 bridgehead atoms. The molecule has 7 aliphatic rings. The Bertz CT molecular complexity index is 1390. The second-order valence-corrected chi connectivity index (χ2v) is 20.5. The van der Waals surface area contributed by atoms with Gasteiger partial charge in [-0.1, -0.05) is 46.8 Å². The molecule has 2 unspecified atom stereocenters. The Hall–Kier alpha value is -0.700. The van der Waals surface area contributed by atoms with Crippen molar-refractivity contribution in [2.45, 2.75) is 174 Å². The van der Waals surface area contributed by atoms with Crippen molar-refractivity contribution in [3.05, 3.63) is 12.2 Å². The smallest absolute Gasteiger partial charge is 0.186 e. The third kappa shape index (κ3) is 5.52. The Morgan fingerprint density at radius 3 is 2.08 bits per heavy atom. The molecule has 2 heterocycles. The van der Waals surface area contributed by atoms with Gasteiger partial charge in [0, 0.05) is 6.61 Å². The number of aliphatic hydroxyl groups excluding tert-OH is 7. The van der Waals surface area contributed by atoms with E-state index in [1.54, 1.807) is 0 Å². The van der Waals surface area contributed by atoms with Crippen LogP contribution >= 0.6 is 0 Å². The van der Waals surface area contributed by atoms with Crippen molar-refractivity contribution in [3.63, 3.8) is 0 Å². The molecule has 53 heavy (non-hydrogen) atoms. The summed E-state index contributed by atoms with van der Waals surface area (Å²) in [4.78, 5) is 0. The van der Waals surface area contributed by atoms with Crippen LogP contribution in [-0.4, -0.2) is 115 Å². The Morgan fingerprint density at radius 2 is 1.42 bits per heavy atom. The van der Waals surface area contributed by atoms with Crippen molar-refractivity contribution in [3.8, 4) is 0 Å². The van der Waals surface area contributed by atoms with Gasteiger partial charge in [0.15, 0.2) is 12.6 Å². The number of ether oxygens (including phenoxy) is 3. The van der Waals surface area contributed by atoms with Crippen LogP contribution < -0.4 is 0 Å². The van der Waals surface area contributed by atoms with E-state index in [0.29, 0.717) is 30.1 Å². The molecule has 5 saturated carbocycles. The lowest BCUT2D eigenvalue weighted by Crippen LogP contribution is -2.74. The Labute approximate surface area is 316 Å². The Kier molecular flexibility index (Phi) is 10.3. The molecule has 2 aliphatic heterocycles. The monoisotopic (exact) mass is 750 g/mol. The van der Waals surface area contributed by atoms with Gasteiger partial charge in [0.05, 0.1) is 12.7 Å². The lowest BCUT2D eigenvalue weighted by atomic mass is 9.31. The summed E-state index contributed by atoms with van der Waals surface area (Å²) in [6.07, 6.45) is -3.08. The largest absolute Gasteiger partial charge is 0.396 e. The maximum Gasteiger partial charge on any atom is 0.186 e. The third-order valence-corrected chi connectivity index (χ3v) is 18.3. The van der Waals surface area contributed by atoms with Crippen molar-refractivity contribution in [1.82, 2.24) is 0 Å². The molecule has 0 aromatic heterocycles. The summed E-state index contributed by atoms with van der Waals surface area (Å²) < 4.78 is 16.9. The van der Waals surface area contributed by atoms with Crippen LogP contribution in [0.15, 0.2) is 12.2 Å². The zero-order chi connectivity index (χ0) is 38.8. The molecule has 0 aromatic rings. The van der Waals surface area contributed by atoms with E-state index in [0.717, 1.165) is 57.8 Å². The molecule has 0 spiro atoms. The number of fused-ring (bicyclic) bond motifs is 7. The molecule has 2 saturated heterocycles. The normalized spacial score (nSPS) is 57.8. The van der Waals surface area contributed by atoms with Crippen LogP contribution in [0.4, 0.5) is 0 Å². The summed E-state index contributed by atoms with van der Waals surface area (Å²) in [5.74, 6) is 1.49. The summed E-state index contributed by atoms with van der Waals surface area (Å²) in [5.41, 5.74) is -1.25. The zero-order valence-corrected chi connectivity index (χ0v) is 33.2. The van der Waals surface area contributed by atoms with Gasteiger partial charge >= 0.3 is 0 Å². The van der Waals surface area contributed by atoms with Crippen LogP contribution in [0, 0.1) is 62.6 Å². The number of aliphatic hydroxyl groups is 8. The van der Waals surface area contributed by atoms with Crippen molar-refractivity contribution in [2.24, 2.45) is 62.6 Å². The lowest BCUT2D eigenvalue weighted by Gasteiger charge is -2.74. The van der Waals surface area contributed by atoms with E-state index in [-0.39, 0.29) is 34.2 Å². The molecule has 8 N–H and O–H groups in total. The van der Waals surface area contributed by atoms with Gasteiger partial charge in [0.25, 0.3) is 0 Å². The average Bonchev–Trinajstić information content (AvgIpc) is 3.50. The van der Waals surface area contributed by atoms with Crippen LogP contribution in [-0.2, 0) is 14.2 Å². The molecule has 11 heteroatoms. The summed E-state index contributed by atoms with van der Waals surface area (Å²) >= 11 is 0. The van der Waals surface area contributed by atoms with Gasteiger partial charge in [0.1, 0.15) is 42.2 Å². The van der Waals surface area contributed by atoms with Gasteiger partial charge < -0.3 is 55.1 Å². The second-order valence-electron chi connectivity index (χ2n) is 20.5. The first-order valence-corrected chi connectivity index (χ1v) is 20.7.